The number of thiazole rings is 1. The van der Waals surface area contributed by atoms with Crippen molar-refractivity contribution in [3.05, 3.63) is 32.5 Å². The molecule has 1 atom stereocenters. The largest absolute Gasteiger partial charge is 0.308 e. The van der Waals surface area contributed by atoms with Gasteiger partial charge in [0.15, 0.2) is 0 Å². The van der Waals surface area contributed by atoms with Gasteiger partial charge in [-0.2, -0.15) is 5.10 Å². The van der Waals surface area contributed by atoms with Crippen LogP contribution >= 0.6 is 22.9 Å². The fourth-order valence-electron chi connectivity index (χ4n) is 2.25. The molecule has 20 heavy (non-hydrogen) atoms. The lowest BCUT2D eigenvalue weighted by Crippen LogP contribution is -2.24. The van der Waals surface area contributed by atoms with Crippen molar-refractivity contribution in [1.29, 1.82) is 0 Å². The third-order valence-corrected chi connectivity index (χ3v) is 4.58. The first-order valence-corrected chi connectivity index (χ1v) is 8.12. The van der Waals surface area contributed by atoms with Crippen LogP contribution in [0, 0.1) is 13.8 Å². The van der Waals surface area contributed by atoms with Gasteiger partial charge in [-0.05, 0) is 33.2 Å². The highest BCUT2D eigenvalue weighted by molar-refractivity contribution is 7.09. The molecule has 0 saturated carbocycles. The summed E-state index contributed by atoms with van der Waals surface area (Å²) in [6.45, 7) is 7.18. The summed E-state index contributed by atoms with van der Waals surface area (Å²) in [6, 6.07) is 0.195. The van der Waals surface area contributed by atoms with E-state index in [0.717, 1.165) is 46.5 Å². The molecule has 0 aliphatic carbocycles. The molecular formula is C14H21ClN4S. The first-order chi connectivity index (χ1) is 9.52. The summed E-state index contributed by atoms with van der Waals surface area (Å²) < 4.78 is 1.73. The number of aromatic nitrogens is 3. The second-order valence-electron chi connectivity index (χ2n) is 4.98. The molecule has 4 nitrogen and oxygen atoms in total. The van der Waals surface area contributed by atoms with Crippen LogP contribution < -0.4 is 5.32 Å². The molecule has 2 rings (SSSR count). The van der Waals surface area contributed by atoms with Crippen molar-refractivity contribution in [1.82, 2.24) is 20.1 Å². The standard InChI is InChI=1S/C14H21ClN4S/c1-5-6-16-12(13-8-20-10(3)17-13)7-11-9(2)18-19(4)14(11)15/h8,12,16H,5-7H2,1-4H3. The van der Waals surface area contributed by atoms with Gasteiger partial charge in [-0.15, -0.1) is 11.3 Å². The van der Waals surface area contributed by atoms with E-state index >= 15 is 0 Å². The zero-order chi connectivity index (χ0) is 14.7. The van der Waals surface area contributed by atoms with Crippen molar-refractivity contribution < 1.29 is 0 Å². The number of hydrogen-bond acceptors (Lipinski definition) is 4. The number of rotatable bonds is 6. The van der Waals surface area contributed by atoms with Crippen molar-refractivity contribution in [2.45, 2.75) is 39.7 Å². The van der Waals surface area contributed by atoms with E-state index in [9.17, 15) is 0 Å². The summed E-state index contributed by atoms with van der Waals surface area (Å²) in [5, 5.41) is 11.9. The quantitative estimate of drug-likeness (QED) is 0.888. The van der Waals surface area contributed by atoms with Gasteiger partial charge in [0.2, 0.25) is 0 Å². The lowest BCUT2D eigenvalue weighted by atomic mass is 10.0. The average molecular weight is 313 g/mol. The molecule has 0 aromatic carbocycles. The SMILES string of the molecule is CCCNC(Cc1c(C)nn(C)c1Cl)c1csc(C)n1. The van der Waals surface area contributed by atoms with E-state index < -0.39 is 0 Å². The van der Waals surface area contributed by atoms with Crippen LogP contribution in [0.25, 0.3) is 0 Å². The zero-order valence-electron chi connectivity index (χ0n) is 12.4. The van der Waals surface area contributed by atoms with E-state index in [4.69, 9.17) is 11.6 Å². The Morgan fingerprint density at radius 2 is 2.20 bits per heavy atom. The van der Waals surface area contributed by atoms with Crippen LogP contribution in [0.3, 0.4) is 0 Å². The summed E-state index contributed by atoms with van der Waals surface area (Å²) >= 11 is 8.03. The van der Waals surface area contributed by atoms with Crippen LogP contribution in [-0.4, -0.2) is 21.3 Å². The minimum absolute atomic E-state index is 0.195. The van der Waals surface area contributed by atoms with Crippen molar-refractivity contribution >= 4 is 22.9 Å². The number of nitrogens with one attached hydrogen (secondary N) is 1. The molecule has 0 aliphatic rings. The molecule has 0 saturated heterocycles. The van der Waals surface area contributed by atoms with Gasteiger partial charge in [0.05, 0.1) is 22.4 Å². The molecule has 0 aliphatic heterocycles. The molecule has 2 aromatic heterocycles. The average Bonchev–Trinajstić information content (AvgIpc) is 2.93. The lowest BCUT2D eigenvalue weighted by Gasteiger charge is -2.16. The minimum atomic E-state index is 0.195. The summed E-state index contributed by atoms with van der Waals surface area (Å²) in [6.07, 6.45) is 1.92. The maximum absolute atomic E-state index is 6.34. The molecule has 0 spiro atoms. The molecule has 2 aromatic rings. The van der Waals surface area contributed by atoms with Gasteiger partial charge in [0.25, 0.3) is 0 Å². The summed E-state index contributed by atoms with van der Waals surface area (Å²) in [5.41, 5.74) is 3.20. The van der Waals surface area contributed by atoms with E-state index in [1.165, 1.54) is 0 Å². The Kier molecular flexibility index (Phi) is 5.18. The van der Waals surface area contributed by atoms with E-state index in [1.54, 1.807) is 16.0 Å². The van der Waals surface area contributed by atoms with Gasteiger partial charge in [0.1, 0.15) is 5.15 Å². The second-order valence-corrected chi connectivity index (χ2v) is 6.40. The lowest BCUT2D eigenvalue weighted by molar-refractivity contribution is 0.518. The Balaban J connectivity index is 2.23. The Morgan fingerprint density at radius 3 is 2.70 bits per heavy atom. The highest BCUT2D eigenvalue weighted by Gasteiger charge is 2.20. The van der Waals surface area contributed by atoms with Crippen LogP contribution in [0.15, 0.2) is 5.38 Å². The first-order valence-electron chi connectivity index (χ1n) is 6.86. The Hall–Kier alpha value is -0.910. The van der Waals surface area contributed by atoms with Crippen LogP contribution in [0.1, 0.15) is 41.3 Å². The van der Waals surface area contributed by atoms with Crippen LogP contribution in [0.2, 0.25) is 5.15 Å². The van der Waals surface area contributed by atoms with Crippen molar-refractivity contribution in [2.24, 2.45) is 7.05 Å². The minimum Gasteiger partial charge on any atom is -0.308 e. The normalized spacial score (nSPS) is 12.8. The van der Waals surface area contributed by atoms with Gasteiger partial charge < -0.3 is 5.32 Å². The van der Waals surface area contributed by atoms with Crippen molar-refractivity contribution in [2.75, 3.05) is 6.54 Å². The number of halogens is 1. The predicted octanol–water partition coefficient (Wildman–Crippen LogP) is 3.43. The monoisotopic (exact) mass is 312 g/mol. The molecule has 6 heteroatoms. The Labute approximate surface area is 129 Å². The fraction of sp³-hybridized carbons (Fsp3) is 0.571. The topological polar surface area (TPSA) is 42.7 Å². The number of nitrogens with zero attached hydrogens (tertiary/aromatic N) is 3. The maximum atomic E-state index is 6.34. The van der Waals surface area contributed by atoms with Gasteiger partial charge >= 0.3 is 0 Å². The third kappa shape index (κ3) is 3.40. The van der Waals surface area contributed by atoms with Gasteiger partial charge in [0, 0.05) is 18.0 Å². The summed E-state index contributed by atoms with van der Waals surface area (Å²) in [7, 11) is 1.88. The number of hydrogen-bond donors (Lipinski definition) is 1. The molecule has 0 radical (unpaired) electrons. The molecular weight excluding hydrogens is 292 g/mol. The molecule has 2 heterocycles. The zero-order valence-corrected chi connectivity index (χ0v) is 14.0. The third-order valence-electron chi connectivity index (χ3n) is 3.31. The Morgan fingerprint density at radius 1 is 1.45 bits per heavy atom. The van der Waals surface area contributed by atoms with E-state index in [2.05, 4.69) is 27.7 Å². The van der Waals surface area contributed by atoms with Crippen molar-refractivity contribution in [3.63, 3.8) is 0 Å². The predicted molar refractivity (Wildman–Crippen MR) is 84.5 cm³/mol. The first kappa shape index (κ1) is 15.5. The molecule has 1 unspecified atom stereocenters. The molecule has 0 fully saturated rings. The molecule has 110 valence electrons. The smallest absolute Gasteiger partial charge is 0.130 e. The van der Waals surface area contributed by atoms with E-state index in [1.807, 2.05) is 20.9 Å². The molecule has 1 N–H and O–H groups in total. The van der Waals surface area contributed by atoms with Gasteiger partial charge in [-0.3, -0.25) is 4.68 Å². The van der Waals surface area contributed by atoms with E-state index in [-0.39, 0.29) is 6.04 Å². The fourth-order valence-corrected chi connectivity index (χ4v) is 3.17. The highest BCUT2D eigenvalue weighted by Crippen LogP contribution is 2.26. The molecule has 0 amide bonds. The van der Waals surface area contributed by atoms with Crippen molar-refractivity contribution in [3.8, 4) is 0 Å². The Bertz CT molecular complexity index is 576. The maximum Gasteiger partial charge on any atom is 0.130 e. The highest BCUT2D eigenvalue weighted by atomic mass is 35.5. The van der Waals surface area contributed by atoms with Crippen LogP contribution in [0.5, 0.6) is 0 Å². The summed E-state index contributed by atoms with van der Waals surface area (Å²) in [4.78, 5) is 4.61. The van der Waals surface area contributed by atoms with Crippen LogP contribution in [-0.2, 0) is 13.5 Å². The van der Waals surface area contributed by atoms with Crippen LogP contribution in [0.4, 0.5) is 0 Å². The van der Waals surface area contributed by atoms with Gasteiger partial charge in [-0.25, -0.2) is 4.98 Å². The van der Waals surface area contributed by atoms with E-state index in [0.29, 0.717) is 0 Å². The van der Waals surface area contributed by atoms with Gasteiger partial charge in [-0.1, -0.05) is 18.5 Å². The molecule has 0 bridgehead atoms. The second kappa shape index (κ2) is 6.70. The number of aryl methyl sites for hydroxylation is 3. The summed E-state index contributed by atoms with van der Waals surface area (Å²) in [5.74, 6) is 0.